The van der Waals surface area contributed by atoms with Gasteiger partial charge in [-0.25, -0.2) is 0 Å². The fourth-order valence-corrected chi connectivity index (χ4v) is 4.27. The molecule has 8 heteroatoms. The van der Waals surface area contributed by atoms with Crippen molar-refractivity contribution in [2.24, 2.45) is 0 Å². The van der Waals surface area contributed by atoms with Crippen molar-refractivity contribution in [3.63, 3.8) is 0 Å². The van der Waals surface area contributed by atoms with Crippen LogP contribution in [-0.4, -0.2) is 33.7 Å². The summed E-state index contributed by atoms with van der Waals surface area (Å²) in [4.78, 5) is 31.5. The summed E-state index contributed by atoms with van der Waals surface area (Å²) < 4.78 is 7.09. The zero-order chi connectivity index (χ0) is 22.0. The van der Waals surface area contributed by atoms with Gasteiger partial charge in [0.2, 0.25) is 4.96 Å². The van der Waals surface area contributed by atoms with Crippen molar-refractivity contribution in [3.8, 4) is 17.1 Å². The molecular weight excluding hydrogens is 412 g/mol. The van der Waals surface area contributed by atoms with E-state index in [4.69, 9.17) is 4.74 Å². The molecule has 0 saturated heterocycles. The van der Waals surface area contributed by atoms with Crippen LogP contribution in [0.3, 0.4) is 0 Å². The van der Waals surface area contributed by atoms with Crippen LogP contribution in [-0.2, 0) is 4.79 Å². The molecule has 0 unspecified atom stereocenters. The van der Waals surface area contributed by atoms with E-state index in [0.29, 0.717) is 26.6 Å². The number of hydrogen-bond donors (Lipinski definition) is 0. The van der Waals surface area contributed by atoms with Crippen LogP contribution in [0.25, 0.3) is 22.4 Å². The number of carbonyl (C=O) groups excluding carboxylic acids is 1. The van der Waals surface area contributed by atoms with Crippen LogP contribution in [0.2, 0.25) is 0 Å². The smallest absolute Gasteiger partial charge is 0.308 e. The van der Waals surface area contributed by atoms with Gasteiger partial charge in [0.05, 0.1) is 10.1 Å². The normalized spacial score (nSPS) is 11.8. The van der Waals surface area contributed by atoms with Gasteiger partial charge in [-0.1, -0.05) is 35.6 Å². The van der Waals surface area contributed by atoms with Gasteiger partial charge in [0.15, 0.2) is 5.82 Å². The van der Waals surface area contributed by atoms with E-state index in [1.54, 1.807) is 24.3 Å². The number of nitrogens with zero attached hydrogens (tertiary/aromatic N) is 4. The van der Waals surface area contributed by atoms with Gasteiger partial charge < -0.3 is 9.64 Å². The molecule has 4 rings (SSSR count). The summed E-state index contributed by atoms with van der Waals surface area (Å²) in [5.41, 5.74) is 2.43. The van der Waals surface area contributed by atoms with Gasteiger partial charge in [-0.3, -0.25) is 9.59 Å². The molecule has 0 bridgehead atoms. The minimum Gasteiger partial charge on any atom is -0.426 e. The zero-order valence-electron chi connectivity index (χ0n) is 17.5. The second-order valence-corrected chi connectivity index (χ2v) is 7.91. The molecule has 0 spiro atoms. The first-order chi connectivity index (χ1) is 15.0. The Kier molecular flexibility index (Phi) is 5.81. The lowest BCUT2D eigenvalue weighted by Crippen LogP contribution is -2.23. The van der Waals surface area contributed by atoms with E-state index in [-0.39, 0.29) is 5.56 Å². The number of esters is 1. The molecular formula is C23H22N4O3S. The minimum atomic E-state index is -0.429. The molecule has 0 aliphatic heterocycles. The molecule has 31 heavy (non-hydrogen) atoms. The number of fused-ring (bicyclic) bond motifs is 1. The summed E-state index contributed by atoms with van der Waals surface area (Å²) >= 11 is 1.28. The first kappa shape index (κ1) is 20.7. The van der Waals surface area contributed by atoms with Crippen LogP contribution in [0.15, 0.2) is 53.3 Å². The number of thiazole rings is 1. The molecule has 0 aliphatic rings. The zero-order valence-corrected chi connectivity index (χ0v) is 18.3. The third kappa shape index (κ3) is 4.20. The Hall–Kier alpha value is -3.52. The van der Waals surface area contributed by atoms with Gasteiger partial charge in [0.1, 0.15) is 5.75 Å². The van der Waals surface area contributed by atoms with Gasteiger partial charge in [-0.05, 0) is 49.8 Å². The van der Waals surface area contributed by atoms with E-state index in [2.05, 4.69) is 41.0 Å². The molecule has 0 N–H and O–H groups in total. The number of benzene rings is 2. The Bertz CT molecular complexity index is 1340. The van der Waals surface area contributed by atoms with Crippen LogP contribution in [0.1, 0.15) is 26.3 Å². The van der Waals surface area contributed by atoms with Crippen molar-refractivity contribution >= 4 is 34.0 Å². The Labute approximate surface area is 183 Å². The highest BCUT2D eigenvalue weighted by molar-refractivity contribution is 7.15. The molecule has 0 amide bonds. The third-order valence-electron chi connectivity index (χ3n) is 4.88. The maximum atomic E-state index is 12.9. The van der Waals surface area contributed by atoms with Crippen LogP contribution in [0.4, 0.5) is 5.69 Å². The van der Waals surface area contributed by atoms with Crippen molar-refractivity contribution in [2.75, 3.05) is 18.0 Å². The van der Waals surface area contributed by atoms with Crippen molar-refractivity contribution in [3.05, 3.63) is 69.0 Å². The van der Waals surface area contributed by atoms with E-state index in [1.807, 2.05) is 18.2 Å². The maximum absolute atomic E-state index is 12.9. The number of carbonyl (C=O) groups is 1. The summed E-state index contributed by atoms with van der Waals surface area (Å²) in [7, 11) is 0. The Morgan fingerprint density at radius 3 is 2.48 bits per heavy atom. The fourth-order valence-electron chi connectivity index (χ4n) is 3.36. The van der Waals surface area contributed by atoms with Gasteiger partial charge in [-0.2, -0.15) is 9.50 Å². The molecule has 0 atom stereocenters. The summed E-state index contributed by atoms with van der Waals surface area (Å²) in [6.07, 6.45) is 1.85. The SMILES string of the molecule is CCN(CC)c1ccc(C=c2sc3nc(-c4ccccc4OC(C)=O)nn3c2=O)cc1. The largest absolute Gasteiger partial charge is 0.426 e. The van der Waals surface area contributed by atoms with E-state index >= 15 is 0 Å². The number of hydrogen-bond acceptors (Lipinski definition) is 7. The highest BCUT2D eigenvalue weighted by Crippen LogP contribution is 2.27. The lowest BCUT2D eigenvalue weighted by Gasteiger charge is -2.20. The number of ether oxygens (including phenoxy) is 1. The van der Waals surface area contributed by atoms with E-state index in [9.17, 15) is 9.59 Å². The summed E-state index contributed by atoms with van der Waals surface area (Å²) in [5, 5.41) is 4.36. The quantitative estimate of drug-likeness (QED) is 0.343. The Morgan fingerprint density at radius 1 is 1.13 bits per heavy atom. The van der Waals surface area contributed by atoms with Crippen LogP contribution < -0.4 is 19.7 Å². The molecule has 158 valence electrons. The van der Waals surface area contributed by atoms with Crippen LogP contribution in [0.5, 0.6) is 5.75 Å². The van der Waals surface area contributed by atoms with Crippen LogP contribution >= 0.6 is 11.3 Å². The molecule has 2 heterocycles. The number of aromatic nitrogens is 3. The highest BCUT2D eigenvalue weighted by atomic mass is 32.1. The Morgan fingerprint density at radius 2 is 1.84 bits per heavy atom. The predicted molar refractivity (Wildman–Crippen MR) is 123 cm³/mol. The van der Waals surface area contributed by atoms with Crippen molar-refractivity contribution in [1.29, 1.82) is 0 Å². The van der Waals surface area contributed by atoms with Gasteiger partial charge in [0.25, 0.3) is 5.56 Å². The third-order valence-corrected chi connectivity index (χ3v) is 5.84. The summed E-state index contributed by atoms with van der Waals surface area (Å²) in [6.45, 7) is 7.48. The van der Waals surface area contributed by atoms with Crippen molar-refractivity contribution < 1.29 is 9.53 Å². The highest BCUT2D eigenvalue weighted by Gasteiger charge is 2.16. The summed E-state index contributed by atoms with van der Waals surface area (Å²) in [6, 6.07) is 15.1. The molecule has 7 nitrogen and oxygen atoms in total. The molecule has 4 aromatic rings. The lowest BCUT2D eigenvalue weighted by molar-refractivity contribution is -0.131. The standard InChI is InChI=1S/C23H22N4O3S/c1-4-26(5-2)17-12-10-16(11-13-17)14-20-22(29)27-23(31-20)24-21(25-27)18-8-6-7-9-19(18)30-15(3)28/h6-14H,4-5H2,1-3H3. The van der Waals surface area contributed by atoms with Crippen LogP contribution in [0, 0.1) is 0 Å². The lowest BCUT2D eigenvalue weighted by atomic mass is 10.2. The minimum absolute atomic E-state index is 0.225. The Balaban J connectivity index is 1.69. The van der Waals surface area contributed by atoms with Crippen molar-refractivity contribution in [1.82, 2.24) is 14.6 Å². The molecule has 0 fully saturated rings. The van der Waals surface area contributed by atoms with Crippen molar-refractivity contribution in [2.45, 2.75) is 20.8 Å². The average Bonchev–Trinajstić information content (AvgIpc) is 3.29. The number of rotatable bonds is 6. The van der Waals surface area contributed by atoms with Gasteiger partial charge in [0, 0.05) is 25.7 Å². The molecule has 2 aromatic carbocycles. The predicted octanol–water partition coefficient (Wildman–Crippen LogP) is 3.14. The number of anilines is 1. The first-order valence-corrected chi connectivity index (χ1v) is 10.9. The monoisotopic (exact) mass is 434 g/mol. The first-order valence-electron chi connectivity index (χ1n) is 10.0. The molecule has 0 saturated carbocycles. The number of para-hydroxylation sites is 1. The fraction of sp³-hybridized carbons (Fsp3) is 0.217. The average molecular weight is 435 g/mol. The molecule has 0 radical (unpaired) electrons. The molecule has 2 aromatic heterocycles. The summed E-state index contributed by atoms with van der Waals surface area (Å²) in [5.74, 6) is 0.276. The van der Waals surface area contributed by atoms with Gasteiger partial charge in [-0.15, -0.1) is 5.10 Å². The van der Waals surface area contributed by atoms with E-state index < -0.39 is 5.97 Å². The maximum Gasteiger partial charge on any atom is 0.308 e. The van der Waals surface area contributed by atoms with Gasteiger partial charge >= 0.3 is 5.97 Å². The molecule has 0 aliphatic carbocycles. The second-order valence-electron chi connectivity index (χ2n) is 6.90. The van der Waals surface area contributed by atoms with E-state index in [0.717, 1.165) is 24.3 Å². The second kappa shape index (κ2) is 8.69. The van der Waals surface area contributed by atoms with E-state index in [1.165, 1.54) is 22.8 Å². The topological polar surface area (TPSA) is 76.8 Å².